The highest BCUT2D eigenvalue weighted by molar-refractivity contribution is 5.74. The van der Waals surface area contributed by atoms with Gasteiger partial charge in [0.25, 0.3) is 0 Å². The number of benzene rings is 1. The second-order valence-corrected chi connectivity index (χ2v) is 7.95. The minimum atomic E-state index is -0.774. The van der Waals surface area contributed by atoms with Crippen LogP contribution in [-0.2, 0) is 10.2 Å². The zero-order valence-corrected chi connectivity index (χ0v) is 15.6. The van der Waals surface area contributed by atoms with Crippen LogP contribution in [0, 0.1) is 16.7 Å². The van der Waals surface area contributed by atoms with Crippen molar-refractivity contribution in [3.63, 3.8) is 0 Å². The second kappa shape index (κ2) is 7.19. The van der Waals surface area contributed by atoms with Gasteiger partial charge in [-0.05, 0) is 76.0 Å². The van der Waals surface area contributed by atoms with Gasteiger partial charge in [-0.25, -0.2) is 0 Å². The smallest absolute Gasteiger partial charge is 0.309 e. The molecule has 1 aromatic carbocycles. The lowest BCUT2D eigenvalue weighted by molar-refractivity contribution is -0.150. The molecule has 0 aliphatic heterocycles. The van der Waals surface area contributed by atoms with Crippen LogP contribution in [0.1, 0.15) is 63.9 Å². The second-order valence-electron chi connectivity index (χ2n) is 7.95. The third-order valence-electron chi connectivity index (χ3n) is 6.25. The summed E-state index contributed by atoms with van der Waals surface area (Å²) in [4.78, 5) is 11.5. The molecular weight excluding hydrogens is 330 g/mol. The van der Waals surface area contributed by atoms with Crippen LogP contribution >= 0.6 is 0 Å². The minimum absolute atomic E-state index is 0.207. The van der Waals surface area contributed by atoms with E-state index in [0.29, 0.717) is 37.2 Å². The molecule has 0 amide bonds. The third-order valence-corrected chi connectivity index (χ3v) is 6.25. The quantitative estimate of drug-likeness (QED) is 0.842. The Morgan fingerprint density at radius 1 is 1.19 bits per heavy atom. The number of hydrogen-bond donors (Lipinski definition) is 1. The molecule has 2 saturated carbocycles. The predicted molar refractivity (Wildman–Crippen MR) is 97.4 cm³/mol. The molecule has 5 heteroatoms. The van der Waals surface area contributed by atoms with Gasteiger partial charge in [-0.1, -0.05) is 6.07 Å². The summed E-state index contributed by atoms with van der Waals surface area (Å²) in [6.07, 6.45) is 6.76. The Bertz CT molecular complexity index is 707. The highest BCUT2D eigenvalue weighted by atomic mass is 16.5. The number of hydrogen-bond acceptors (Lipinski definition) is 4. The van der Waals surface area contributed by atoms with E-state index in [-0.39, 0.29) is 6.10 Å². The van der Waals surface area contributed by atoms with Crippen molar-refractivity contribution in [1.82, 2.24) is 0 Å². The Balaban J connectivity index is 1.87. The molecule has 26 heavy (non-hydrogen) atoms. The monoisotopic (exact) mass is 357 g/mol. The van der Waals surface area contributed by atoms with Gasteiger partial charge in [-0.3, -0.25) is 4.79 Å². The van der Waals surface area contributed by atoms with Crippen LogP contribution in [-0.4, -0.2) is 24.3 Å². The number of rotatable bonds is 5. The van der Waals surface area contributed by atoms with Crippen LogP contribution < -0.4 is 9.47 Å². The van der Waals surface area contributed by atoms with Gasteiger partial charge >= 0.3 is 5.97 Å². The maximum absolute atomic E-state index is 11.5. The maximum Gasteiger partial charge on any atom is 0.309 e. The van der Waals surface area contributed by atoms with Gasteiger partial charge in [0.05, 0.1) is 30.1 Å². The predicted octanol–water partition coefficient (Wildman–Crippen LogP) is 4.44. The molecule has 0 unspecified atom stereocenters. The zero-order chi connectivity index (χ0) is 18.8. The number of nitriles is 1. The summed E-state index contributed by atoms with van der Waals surface area (Å²) in [7, 11) is 1.62. The van der Waals surface area contributed by atoms with E-state index in [9.17, 15) is 15.2 Å². The molecular formula is C21H27NO4. The molecule has 0 heterocycles. The number of carboxylic acids is 1. The molecule has 3 rings (SSSR count). The minimum Gasteiger partial charge on any atom is -0.493 e. The third kappa shape index (κ3) is 3.38. The number of carbonyl (C=O) groups is 1. The van der Waals surface area contributed by atoms with Gasteiger partial charge in [-0.2, -0.15) is 5.26 Å². The Labute approximate surface area is 154 Å². The highest BCUT2D eigenvalue weighted by Gasteiger charge is 2.45. The van der Waals surface area contributed by atoms with Crippen LogP contribution in [0.25, 0.3) is 0 Å². The summed E-state index contributed by atoms with van der Waals surface area (Å²) in [6, 6.07) is 8.20. The molecule has 2 aliphatic carbocycles. The van der Waals surface area contributed by atoms with Crippen LogP contribution in [0.15, 0.2) is 18.2 Å². The van der Waals surface area contributed by atoms with Gasteiger partial charge < -0.3 is 14.6 Å². The van der Waals surface area contributed by atoms with Crippen molar-refractivity contribution in [2.45, 2.75) is 69.8 Å². The van der Waals surface area contributed by atoms with Gasteiger partial charge in [0.15, 0.2) is 11.5 Å². The lowest BCUT2D eigenvalue weighted by Gasteiger charge is -2.39. The van der Waals surface area contributed by atoms with E-state index in [4.69, 9.17) is 9.47 Å². The van der Waals surface area contributed by atoms with Crippen molar-refractivity contribution < 1.29 is 19.4 Å². The van der Waals surface area contributed by atoms with E-state index in [1.807, 2.05) is 18.2 Å². The molecule has 0 atom stereocenters. The fraction of sp³-hybridized carbons (Fsp3) is 0.619. The summed E-state index contributed by atoms with van der Waals surface area (Å²) < 4.78 is 11.6. The average Bonchev–Trinajstić information content (AvgIpc) is 3.15. The Morgan fingerprint density at radius 2 is 1.85 bits per heavy atom. The lowest BCUT2D eigenvalue weighted by Crippen LogP contribution is -2.39. The van der Waals surface area contributed by atoms with Crippen molar-refractivity contribution in [2.75, 3.05) is 7.11 Å². The van der Waals surface area contributed by atoms with E-state index < -0.39 is 16.8 Å². The first-order chi connectivity index (χ1) is 12.4. The maximum atomic E-state index is 11.5. The van der Waals surface area contributed by atoms with E-state index in [2.05, 4.69) is 6.07 Å². The van der Waals surface area contributed by atoms with Crippen LogP contribution in [0.2, 0.25) is 0 Å². The molecule has 0 bridgehead atoms. The van der Waals surface area contributed by atoms with E-state index >= 15 is 0 Å². The Hall–Kier alpha value is -2.22. The molecule has 0 radical (unpaired) electrons. The summed E-state index contributed by atoms with van der Waals surface area (Å²) in [6.45, 7) is 1.78. The number of aliphatic carboxylic acids is 1. The van der Waals surface area contributed by atoms with Crippen LogP contribution in [0.3, 0.4) is 0 Å². The lowest BCUT2D eigenvalue weighted by atomic mass is 9.62. The SMILES string of the molecule is COc1ccc([C@]2(C#N)CC[C@@](C)(C(=O)O)CC2)cc1OC1CCCC1. The Morgan fingerprint density at radius 3 is 2.38 bits per heavy atom. The van der Waals surface area contributed by atoms with Crippen molar-refractivity contribution >= 4 is 5.97 Å². The number of nitrogens with zero attached hydrogens (tertiary/aromatic N) is 1. The van der Waals surface area contributed by atoms with Crippen molar-refractivity contribution in [3.8, 4) is 17.6 Å². The van der Waals surface area contributed by atoms with Gasteiger partial charge in [0.2, 0.25) is 0 Å². The largest absolute Gasteiger partial charge is 0.493 e. The van der Waals surface area contributed by atoms with Gasteiger partial charge in [0, 0.05) is 0 Å². The van der Waals surface area contributed by atoms with Crippen molar-refractivity contribution in [3.05, 3.63) is 23.8 Å². The molecule has 0 saturated heterocycles. The van der Waals surface area contributed by atoms with Crippen molar-refractivity contribution in [2.24, 2.45) is 5.41 Å². The van der Waals surface area contributed by atoms with Gasteiger partial charge in [0.1, 0.15) is 0 Å². The summed E-state index contributed by atoms with van der Waals surface area (Å²) in [5.74, 6) is 0.599. The summed E-state index contributed by atoms with van der Waals surface area (Å²) in [5, 5.41) is 19.4. The molecule has 0 aromatic heterocycles. The van der Waals surface area contributed by atoms with Crippen LogP contribution in [0.5, 0.6) is 11.5 Å². The fourth-order valence-electron chi connectivity index (χ4n) is 4.16. The summed E-state index contributed by atoms with van der Waals surface area (Å²) in [5.41, 5.74) is -0.494. The molecule has 1 aromatic rings. The first-order valence-corrected chi connectivity index (χ1v) is 9.42. The standard InChI is InChI=1S/C21H27NO4/c1-20(19(23)24)9-11-21(14-22,12-10-20)15-7-8-17(25-2)18(13-15)26-16-5-3-4-6-16/h7-8,13,16H,3-6,9-12H2,1-2H3,(H,23,24)/t20-,21-. The fourth-order valence-corrected chi connectivity index (χ4v) is 4.16. The number of carboxylic acid groups (broad SMARTS) is 1. The molecule has 1 N–H and O–H groups in total. The molecule has 2 fully saturated rings. The normalized spacial score (nSPS) is 29.1. The Kier molecular flexibility index (Phi) is 5.13. The van der Waals surface area contributed by atoms with E-state index in [1.165, 1.54) is 12.8 Å². The van der Waals surface area contributed by atoms with Crippen LogP contribution in [0.4, 0.5) is 0 Å². The van der Waals surface area contributed by atoms with Crippen molar-refractivity contribution in [1.29, 1.82) is 5.26 Å². The van der Waals surface area contributed by atoms with E-state index in [1.54, 1.807) is 14.0 Å². The molecule has 0 spiro atoms. The molecule has 5 nitrogen and oxygen atoms in total. The summed E-state index contributed by atoms with van der Waals surface area (Å²) >= 11 is 0. The average molecular weight is 357 g/mol. The zero-order valence-electron chi connectivity index (χ0n) is 15.6. The first kappa shape index (κ1) is 18.6. The van der Waals surface area contributed by atoms with Gasteiger partial charge in [-0.15, -0.1) is 0 Å². The molecule has 140 valence electrons. The number of methoxy groups -OCH3 is 1. The highest BCUT2D eigenvalue weighted by Crippen LogP contribution is 2.48. The van der Waals surface area contributed by atoms with E-state index in [0.717, 1.165) is 18.4 Å². The first-order valence-electron chi connectivity index (χ1n) is 9.42. The topological polar surface area (TPSA) is 79.5 Å². The number of ether oxygens (including phenoxy) is 2. The molecule has 2 aliphatic rings.